The van der Waals surface area contributed by atoms with Crippen molar-refractivity contribution in [1.82, 2.24) is 24.6 Å². The predicted octanol–water partition coefficient (Wildman–Crippen LogP) is 2.97. The van der Waals surface area contributed by atoms with Crippen LogP contribution in [0.25, 0.3) is 16.7 Å². The second-order valence-electron chi connectivity index (χ2n) is 7.62. The van der Waals surface area contributed by atoms with E-state index in [4.69, 9.17) is 0 Å². The molecule has 7 heteroatoms. The number of hydrogen-bond acceptors (Lipinski definition) is 5. The molecule has 0 unspecified atom stereocenters. The zero-order valence-electron chi connectivity index (χ0n) is 16.7. The van der Waals surface area contributed by atoms with Gasteiger partial charge in [-0.25, -0.2) is 4.68 Å². The summed E-state index contributed by atoms with van der Waals surface area (Å²) in [6.45, 7) is 3.85. The Bertz CT molecular complexity index is 1210. The predicted molar refractivity (Wildman–Crippen MR) is 118 cm³/mol. The number of aromatic nitrogens is 4. The molecule has 0 radical (unpaired) electrons. The highest BCUT2D eigenvalue weighted by Crippen LogP contribution is 2.18. The van der Waals surface area contributed by atoms with Gasteiger partial charge in [0.1, 0.15) is 5.39 Å². The van der Waals surface area contributed by atoms with E-state index >= 15 is 0 Å². The van der Waals surface area contributed by atoms with Gasteiger partial charge in [0.25, 0.3) is 5.56 Å². The molecule has 0 aliphatic carbocycles. The van der Waals surface area contributed by atoms with Crippen molar-refractivity contribution in [3.63, 3.8) is 0 Å². The summed E-state index contributed by atoms with van der Waals surface area (Å²) in [5.41, 5.74) is 4.15. The van der Waals surface area contributed by atoms with Crippen molar-refractivity contribution in [2.24, 2.45) is 0 Å². The minimum atomic E-state index is -0.183. The largest absolute Gasteiger partial charge is 0.356 e. The molecule has 3 heterocycles. The van der Waals surface area contributed by atoms with Gasteiger partial charge in [0.2, 0.25) is 5.95 Å². The van der Waals surface area contributed by atoms with Crippen LogP contribution in [0.2, 0.25) is 0 Å². The van der Waals surface area contributed by atoms with E-state index in [0.717, 1.165) is 44.7 Å². The lowest BCUT2D eigenvalue weighted by molar-refractivity contribution is 0.253. The zero-order valence-corrected chi connectivity index (χ0v) is 16.7. The van der Waals surface area contributed by atoms with Crippen molar-refractivity contribution in [3.05, 3.63) is 82.3 Å². The summed E-state index contributed by atoms with van der Waals surface area (Å²) in [7, 11) is 0. The highest BCUT2D eigenvalue weighted by molar-refractivity contribution is 5.76. The Morgan fingerprint density at radius 3 is 2.70 bits per heavy atom. The molecular weight excluding hydrogens is 376 g/mol. The quantitative estimate of drug-likeness (QED) is 0.487. The van der Waals surface area contributed by atoms with Crippen molar-refractivity contribution in [1.29, 1.82) is 0 Å². The molecule has 5 rings (SSSR count). The number of nitrogens with one attached hydrogen (secondary N) is 2. The molecule has 0 amide bonds. The van der Waals surface area contributed by atoms with Crippen LogP contribution in [0.4, 0.5) is 5.95 Å². The molecule has 0 saturated heterocycles. The second-order valence-corrected chi connectivity index (χ2v) is 7.62. The van der Waals surface area contributed by atoms with E-state index in [9.17, 15) is 4.79 Å². The van der Waals surface area contributed by atoms with E-state index in [1.54, 1.807) is 10.9 Å². The molecule has 0 atom stereocenters. The Kier molecular flexibility index (Phi) is 5.03. The second kappa shape index (κ2) is 8.12. The van der Waals surface area contributed by atoms with Gasteiger partial charge >= 0.3 is 0 Å². The van der Waals surface area contributed by atoms with Gasteiger partial charge in [-0.2, -0.15) is 10.1 Å². The van der Waals surface area contributed by atoms with E-state index in [1.807, 2.05) is 30.3 Å². The number of H-pyrrole nitrogens is 1. The van der Waals surface area contributed by atoms with E-state index in [1.165, 1.54) is 11.1 Å². The topological polar surface area (TPSA) is 78.8 Å². The zero-order chi connectivity index (χ0) is 20.3. The maximum Gasteiger partial charge on any atom is 0.263 e. The first-order valence-electron chi connectivity index (χ1n) is 10.3. The minimum absolute atomic E-state index is 0.183. The molecule has 0 bridgehead atoms. The number of para-hydroxylation sites is 1. The average Bonchev–Trinajstić information content (AvgIpc) is 3.22. The molecule has 152 valence electrons. The Hall–Kier alpha value is -3.45. The number of benzene rings is 2. The van der Waals surface area contributed by atoms with Crippen LogP contribution in [-0.2, 0) is 13.0 Å². The average molecular weight is 400 g/mol. The third-order valence-corrected chi connectivity index (χ3v) is 5.59. The van der Waals surface area contributed by atoms with Gasteiger partial charge in [-0.3, -0.25) is 14.7 Å². The molecule has 2 aromatic carbocycles. The highest BCUT2D eigenvalue weighted by atomic mass is 16.1. The van der Waals surface area contributed by atoms with Crippen LogP contribution in [0.15, 0.2) is 65.6 Å². The SMILES string of the molecule is O=c1[nH]c(NCCCN2CCc3ccccc3C2)nc2c1cnn2-c1ccccc1. The van der Waals surface area contributed by atoms with Crippen LogP contribution in [-0.4, -0.2) is 44.3 Å². The van der Waals surface area contributed by atoms with E-state index in [2.05, 4.69) is 49.5 Å². The standard InChI is InChI=1S/C23H24N6O/c30-22-20-15-25-29(19-9-2-1-3-10-19)21(20)26-23(27-22)24-12-6-13-28-14-11-17-7-4-5-8-18(17)16-28/h1-5,7-10,15H,6,11-14,16H2,(H2,24,26,27,30). The van der Waals surface area contributed by atoms with Gasteiger partial charge < -0.3 is 5.32 Å². The lowest BCUT2D eigenvalue weighted by Crippen LogP contribution is -2.32. The van der Waals surface area contributed by atoms with E-state index in [-0.39, 0.29) is 5.56 Å². The number of fused-ring (bicyclic) bond motifs is 2. The lowest BCUT2D eigenvalue weighted by Gasteiger charge is -2.28. The summed E-state index contributed by atoms with van der Waals surface area (Å²) >= 11 is 0. The molecule has 0 saturated carbocycles. The maximum atomic E-state index is 12.4. The van der Waals surface area contributed by atoms with Crippen LogP contribution in [0, 0.1) is 0 Å². The number of nitrogens with zero attached hydrogens (tertiary/aromatic N) is 4. The smallest absolute Gasteiger partial charge is 0.263 e. The van der Waals surface area contributed by atoms with E-state index < -0.39 is 0 Å². The maximum absolute atomic E-state index is 12.4. The number of aromatic amines is 1. The van der Waals surface area contributed by atoms with Crippen LogP contribution in [0.5, 0.6) is 0 Å². The summed E-state index contributed by atoms with van der Waals surface area (Å²) in [4.78, 5) is 22.4. The molecule has 2 aromatic heterocycles. The third kappa shape index (κ3) is 3.71. The van der Waals surface area contributed by atoms with Gasteiger partial charge in [-0.15, -0.1) is 0 Å². The Balaban J connectivity index is 1.24. The molecule has 2 N–H and O–H groups in total. The molecular formula is C23H24N6O. The summed E-state index contributed by atoms with van der Waals surface area (Å²) in [5, 5.41) is 8.10. The number of hydrogen-bond donors (Lipinski definition) is 2. The van der Waals surface area contributed by atoms with Gasteiger partial charge in [0.15, 0.2) is 5.65 Å². The fourth-order valence-corrected chi connectivity index (χ4v) is 4.01. The van der Waals surface area contributed by atoms with Crippen LogP contribution in [0.1, 0.15) is 17.5 Å². The molecule has 1 aliphatic rings. The van der Waals surface area contributed by atoms with Crippen molar-refractivity contribution >= 4 is 17.0 Å². The van der Waals surface area contributed by atoms with Crippen molar-refractivity contribution in [2.45, 2.75) is 19.4 Å². The van der Waals surface area contributed by atoms with Crippen molar-refractivity contribution in [3.8, 4) is 5.69 Å². The first-order valence-corrected chi connectivity index (χ1v) is 10.3. The fraction of sp³-hybridized carbons (Fsp3) is 0.261. The third-order valence-electron chi connectivity index (χ3n) is 5.59. The summed E-state index contributed by atoms with van der Waals surface area (Å²) in [5.74, 6) is 0.481. The number of rotatable bonds is 6. The van der Waals surface area contributed by atoms with Crippen LogP contribution >= 0.6 is 0 Å². The van der Waals surface area contributed by atoms with Crippen molar-refractivity contribution < 1.29 is 0 Å². The molecule has 0 fully saturated rings. The fourth-order valence-electron chi connectivity index (χ4n) is 4.01. The molecule has 4 aromatic rings. The first-order chi connectivity index (χ1) is 14.8. The van der Waals surface area contributed by atoms with Crippen LogP contribution < -0.4 is 10.9 Å². The highest BCUT2D eigenvalue weighted by Gasteiger charge is 2.15. The molecule has 7 nitrogen and oxygen atoms in total. The number of anilines is 1. The van der Waals surface area contributed by atoms with Gasteiger partial charge in [-0.05, 0) is 36.1 Å². The minimum Gasteiger partial charge on any atom is -0.356 e. The Morgan fingerprint density at radius 1 is 1.03 bits per heavy atom. The summed E-state index contributed by atoms with van der Waals surface area (Å²) in [6.07, 6.45) is 3.65. The van der Waals surface area contributed by atoms with Crippen LogP contribution in [0.3, 0.4) is 0 Å². The van der Waals surface area contributed by atoms with E-state index in [0.29, 0.717) is 17.0 Å². The normalized spacial score (nSPS) is 14.0. The summed E-state index contributed by atoms with van der Waals surface area (Å²) < 4.78 is 1.70. The molecule has 0 spiro atoms. The van der Waals surface area contributed by atoms with Gasteiger partial charge in [0.05, 0.1) is 11.9 Å². The summed E-state index contributed by atoms with van der Waals surface area (Å²) in [6, 6.07) is 18.4. The lowest BCUT2D eigenvalue weighted by atomic mass is 10.00. The Labute approximate surface area is 174 Å². The van der Waals surface area contributed by atoms with Crippen molar-refractivity contribution in [2.75, 3.05) is 25.0 Å². The Morgan fingerprint density at radius 2 is 1.83 bits per heavy atom. The first kappa shape index (κ1) is 18.6. The monoisotopic (exact) mass is 400 g/mol. The molecule has 1 aliphatic heterocycles. The van der Waals surface area contributed by atoms with Gasteiger partial charge in [0, 0.05) is 26.2 Å². The van der Waals surface area contributed by atoms with Gasteiger partial charge in [-0.1, -0.05) is 42.5 Å². The molecule has 30 heavy (non-hydrogen) atoms.